The zero-order valence-corrected chi connectivity index (χ0v) is 25.7. The molecule has 3 nitrogen and oxygen atoms in total. The lowest BCUT2D eigenvalue weighted by Crippen LogP contribution is -1.98. The van der Waals surface area contributed by atoms with Crippen molar-refractivity contribution in [1.82, 2.24) is 14.5 Å². The van der Waals surface area contributed by atoms with E-state index in [1.165, 1.54) is 43.0 Å². The Morgan fingerprint density at radius 1 is 0.435 bits per heavy atom. The molecule has 9 rings (SSSR count). The number of benzene rings is 6. The van der Waals surface area contributed by atoms with E-state index in [1.54, 1.807) is 11.3 Å². The number of rotatable bonds is 5. The van der Waals surface area contributed by atoms with Crippen LogP contribution in [-0.4, -0.2) is 14.5 Å². The molecule has 0 N–H and O–H groups in total. The molecule has 0 amide bonds. The van der Waals surface area contributed by atoms with Gasteiger partial charge in [-0.25, -0.2) is 9.97 Å². The van der Waals surface area contributed by atoms with Crippen molar-refractivity contribution in [2.75, 3.05) is 0 Å². The maximum Gasteiger partial charge on any atom is 0.160 e. The van der Waals surface area contributed by atoms with Gasteiger partial charge in [-0.1, -0.05) is 103 Å². The van der Waals surface area contributed by atoms with Crippen molar-refractivity contribution in [3.05, 3.63) is 163 Å². The van der Waals surface area contributed by atoms with Crippen LogP contribution in [0.5, 0.6) is 0 Å². The quantitative estimate of drug-likeness (QED) is 0.195. The van der Waals surface area contributed by atoms with Gasteiger partial charge in [-0.2, -0.15) is 0 Å². The van der Waals surface area contributed by atoms with Crippen molar-refractivity contribution in [3.63, 3.8) is 0 Å². The highest BCUT2D eigenvalue weighted by atomic mass is 32.1. The number of thiophene rings is 1. The third-order valence-corrected chi connectivity index (χ3v) is 9.58. The van der Waals surface area contributed by atoms with Gasteiger partial charge in [0.05, 0.1) is 22.4 Å². The Kier molecular flexibility index (Phi) is 6.32. The largest absolute Gasteiger partial charge is 0.309 e. The van der Waals surface area contributed by atoms with E-state index >= 15 is 0 Å². The fraction of sp³-hybridized carbons (Fsp3) is 0. The van der Waals surface area contributed by atoms with Crippen LogP contribution in [-0.2, 0) is 0 Å². The van der Waals surface area contributed by atoms with Gasteiger partial charge < -0.3 is 4.57 Å². The zero-order valence-electron chi connectivity index (χ0n) is 24.8. The summed E-state index contributed by atoms with van der Waals surface area (Å²) < 4.78 is 3.68. The first-order chi connectivity index (χ1) is 22.8. The molecule has 0 atom stereocenters. The van der Waals surface area contributed by atoms with Crippen molar-refractivity contribution >= 4 is 43.2 Å². The average Bonchev–Trinajstić information content (AvgIpc) is 3.74. The van der Waals surface area contributed by atoms with Crippen LogP contribution in [0.25, 0.3) is 82.6 Å². The summed E-state index contributed by atoms with van der Waals surface area (Å²) in [5, 5.41) is 5.91. The summed E-state index contributed by atoms with van der Waals surface area (Å²) >= 11 is 1.78. The molecule has 0 aliphatic heterocycles. The minimum Gasteiger partial charge on any atom is -0.309 e. The van der Waals surface area contributed by atoms with Crippen LogP contribution >= 0.6 is 11.3 Å². The number of aromatic nitrogens is 3. The molecule has 46 heavy (non-hydrogen) atoms. The van der Waals surface area contributed by atoms with E-state index in [4.69, 9.17) is 9.97 Å². The molecular weight excluding hydrogens is 579 g/mol. The molecule has 0 spiro atoms. The predicted octanol–water partition coefficient (Wildman–Crippen LogP) is 11.5. The fourth-order valence-electron chi connectivity index (χ4n) is 6.45. The van der Waals surface area contributed by atoms with Crippen LogP contribution in [0.1, 0.15) is 0 Å². The highest BCUT2D eigenvalue weighted by molar-refractivity contribution is 7.17. The number of para-hydroxylation sites is 1. The third-order valence-electron chi connectivity index (χ3n) is 8.69. The molecular formula is C42H27N3S. The maximum atomic E-state index is 5.09. The summed E-state index contributed by atoms with van der Waals surface area (Å²) in [7, 11) is 0. The van der Waals surface area contributed by atoms with Gasteiger partial charge in [-0.3, -0.25) is 0 Å². The first kappa shape index (κ1) is 26.6. The molecule has 0 saturated heterocycles. The van der Waals surface area contributed by atoms with Crippen molar-refractivity contribution in [2.45, 2.75) is 0 Å². The predicted molar refractivity (Wildman–Crippen MR) is 193 cm³/mol. The molecule has 0 unspecified atom stereocenters. The molecule has 3 heterocycles. The van der Waals surface area contributed by atoms with Crippen molar-refractivity contribution in [3.8, 4) is 50.7 Å². The lowest BCUT2D eigenvalue weighted by atomic mass is 10.0. The highest BCUT2D eigenvalue weighted by Crippen LogP contribution is 2.37. The molecule has 0 radical (unpaired) electrons. The van der Waals surface area contributed by atoms with E-state index in [-0.39, 0.29) is 0 Å². The molecule has 0 saturated carbocycles. The average molecular weight is 606 g/mol. The second kappa shape index (κ2) is 11.0. The number of fused-ring (bicyclic) bond motifs is 4. The van der Waals surface area contributed by atoms with E-state index in [2.05, 4.69) is 131 Å². The summed E-state index contributed by atoms with van der Waals surface area (Å²) in [5.41, 5.74) is 10.8. The number of nitrogens with zero attached hydrogens (tertiary/aromatic N) is 3. The Hall–Kier alpha value is -5.84. The molecule has 0 bridgehead atoms. The van der Waals surface area contributed by atoms with Gasteiger partial charge in [0.25, 0.3) is 0 Å². The van der Waals surface area contributed by atoms with Gasteiger partial charge in [0.1, 0.15) is 0 Å². The summed E-state index contributed by atoms with van der Waals surface area (Å²) in [6.45, 7) is 0. The standard InChI is InChI=1S/C42H27N3S/c1-3-10-28(11-4-1)37-27-38(29-12-5-2-6-13-29)44-42(43-37)33-14-9-15-34(25-33)45-39-17-8-7-16-35(39)36-26-31(18-20-40(36)45)30-19-21-41-32(24-30)22-23-46-41/h1-27H. The summed E-state index contributed by atoms with van der Waals surface area (Å²) in [6.07, 6.45) is 0. The Morgan fingerprint density at radius 3 is 1.87 bits per heavy atom. The molecule has 3 aromatic heterocycles. The first-order valence-corrected chi connectivity index (χ1v) is 16.3. The van der Waals surface area contributed by atoms with E-state index in [1.807, 2.05) is 36.4 Å². The third kappa shape index (κ3) is 4.59. The molecule has 6 aromatic carbocycles. The van der Waals surface area contributed by atoms with E-state index in [0.29, 0.717) is 5.82 Å². The summed E-state index contributed by atoms with van der Waals surface area (Å²) in [4.78, 5) is 10.2. The normalized spacial score (nSPS) is 11.5. The Labute approximate surface area is 270 Å². The van der Waals surface area contributed by atoms with E-state index in [0.717, 1.165) is 33.8 Å². The first-order valence-electron chi connectivity index (χ1n) is 15.4. The van der Waals surface area contributed by atoms with Crippen LogP contribution in [0.15, 0.2) is 163 Å². The monoisotopic (exact) mass is 605 g/mol. The Balaban J connectivity index is 1.20. The van der Waals surface area contributed by atoms with Gasteiger partial charge in [0.15, 0.2) is 5.82 Å². The van der Waals surface area contributed by atoms with Crippen LogP contribution in [0.3, 0.4) is 0 Å². The van der Waals surface area contributed by atoms with Gasteiger partial charge in [-0.05, 0) is 76.5 Å². The van der Waals surface area contributed by atoms with Crippen molar-refractivity contribution in [2.24, 2.45) is 0 Å². The van der Waals surface area contributed by atoms with Crippen LogP contribution in [0.4, 0.5) is 0 Å². The van der Waals surface area contributed by atoms with Crippen molar-refractivity contribution in [1.29, 1.82) is 0 Å². The molecule has 216 valence electrons. The molecule has 0 fully saturated rings. The van der Waals surface area contributed by atoms with Gasteiger partial charge in [0, 0.05) is 37.9 Å². The molecule has 4 heteroatoms. The lowest BCUT2D eigenvalue weighted by Gasteiger charge is -2.12. The lowest BCUT2D eigenvalue weighted by molar-refractivity contribution is 1.16. The van der Waals surface area contributed by atoms with Gasteiger partial charge in [-0.15, -0.1) is 11.3 Å². The Morgan fingerprint density at radius 2 is 1.09 bits per heavy atom. The van der Waals surface area contributed by atoms with Crippen LogP contribution in [0, 0.1) is 0 Å². The minimum absolute atomic E-state index is 0.703. The number of hydrogen-bond acceptors (Lipinski definition) is 3. The zero-order chi connectivity index (χ0) is 30.5. The van der Waals surface area contributed by atoms with Crippen LogP contribution in [0.2, 0.25) is 0 Å². The fourth-order valence-corrected chi connectivity index (χ4v) is 7.22. The molecule has 9 aromatic rings. The smallest absolute Gasteiger partial charge is 0.160 e. The number of hydrogen-bond donors (Lipinski definition) is 0. The van der Waals surface area contributed by atoms with Gasteiger partial charge >= 0.3 is 0 Å². The SMILES string of the molecule is c1ccc(-c2cc(-c3ccccc3)nc(-c3cccc(-n4c5ccccc5c5cc(-c6ccc7sccc7c6)ccc54)c3)n2)cc1. The summed E-state index contributed by atoms with van der Waals surface area (Å²) in [6, 6.07) is 55.8. The maximum absolute atomic E-state index is 5.09. The van der Waals surface area contributed by atoms with Crippen molar-refractivity contribution < 1.29 is 0 Å². The molecule has 0 aliphatic rings. The Bertz CT molecular complexity index is 2470. The minimum atomic E-state index is 0.703. The topological polar surface area (TPSA) is 30.7 Å². The van der Waals surface area contributed by atoms with Gasteiger partial charge in [0.2, 0.25) is 0 Å². The second-order valence-corrected chi connectivity index (χ2v) is 12.4. The van der Waals surface area contributed by atoms with Crippen LogP contribution < -0.4 is 0 Å². The second-order valence-electron chi connectivity index (χ2n) is 11.5. The van der Waals surface area contributed by atoms with E-state index < -0.39 is 0 Å². The molecule has 0 aliphatic carbocycles. The summed E-state index contributed by atoms with van der Waals surface area (Å²) in [5.74, 6) is 0.703. The highest BCUT2D eigenvalue weighted by Gasteiger charge is 2.16. The van der Waals surface area contributed by atoms with E-state index in [9.17, 15) is 0 Å².